The number of hydrogen-bond acceptors (Lipinski definition) is 4. The van der Waals surface area contributed by atoms with Gasteiger partial charge in [-0.25, -0.2) is 8.42 Å². The molecule has 0 spiro atoms. The molecule has 0 radical (unpaired) electrons. The summed E-state index contributed by atoms with van der Waals surface area (Å²) >= 11 is 26.4. The smallest absolute Gasteiger partial charge is 0.266 e. The van der Waals surface area contributed by atoms with Crippen molar-refractivity contribution in [2.75, 3.05) is 11.5 Å². The number of hydrogen-bond donors (Lipinski definition) is 0. The molecule has 4 aromatic rings. The fourth-order valence-corrected chi connectivity index (χ4v) is 8.40. The van der Waals surface area contributed by atoms with Crippen LogP contribution in [-0.2, 0) is 16.4 Å². The normalized spacial score (nSPS) is 16.9. The van der Waals surface area contributed by atoms with Crippen molar-refractivity contribution in [1.82, 2.24) is 4.90 Å². The Hall–Kier alpha value is -1.80. The van der Waals surface area contributed by atoms with Crippen LogP contribution in [-0.4, -0.2) is 36.8 Å². The van der Waals surface area contributed by atoms with Gasteiger partial charge in [0.25, 0.3) is 5.91 Å². The largest absolute Gasteiger partial charge is 0.330 e. The molecule has 0 aliphatic carbocycles. The molecule has 36 heavy (non-hydrogen) atoms. The van der Waals surface area contributed by atoms with Crippen LogP contribution < -0.4 is 0 Å². The first-order valence-corrected chi connectivity index (χ1v) is 15.2. The molecule has 1 saturated heterocycles. The lowest BCUT2D eigenvalue weighted by Crippen LogP contribution is -2.40. The van der Waals surface area contributed by atoms with E-state index in [1.807, 2.05) is 30.3 Å². The summed E-state index contributed by atoms with van der Waals surface area (Å²) in [4.78, 5) is 15.8. The van der Waals surface area contributed by atoms with Crippen molar-refractivity contribution in [3.05, 3.63) is 91.2 Å². The maximum Gasteiger partial charge on any atom is 0.266 e. The number of rotatable bonds is 5. The molecule has 186 valence electrons. The molecule has 10 heteroatoms. The van der Waals surface area contributed by atoms with E-state index in [0.717, 1.165) is 26.8 Å². The standard InChI is InChI=1S/C26H19Cl4NO3S2/c27-17-5-7-20(22(29)11-17)16-3-1-15(2-4-16)13-31(19-9-10-36(33,34)14-19)26(32)25-24(30)21-8-6-18(28)12-23(21)35-25/h1-8,11-12,19H,9-10,13-14H2. The van der Waals surface area contributed by atoms with Gasteiger partial charge >= 0.3 is 0 Å². The molecule has 1 aliphatic rings. The quantitative estimate of drug-likeness (QED) is 0.234. The predicted octanol–water partition coefficient (Wildman–Crippen LogP) is 8.01. The monoisotopic (exact) mass is 597 g/mol. The average Bonchev–Trinajstić information content (AvgIpc) is 3.36. The molecule has 5 rings (SSSR count). The summed E-state index contributed by atoms with van der Waals surface area (Å²) in [7, 11) is -3.21. The Bertz CT molecular complexity index is 1580. The van der Waals surface area contributed by atoms with Gasteiger partial charge in [-0.3, -0.25) is 4.79 Å². The number of carbonyl (C=O) groups is 1. The molecule has 0 N–H and O–H groups in total. The third kappa shape index (κ3) is 5.26. The highest BCUT2D eigenvalue weighted by Crippen LogP contribution is 2.38. The van der Waals surface area contributed by atoms with Crippen LogP contribution in [0.3, 0.4) is 0 Å². The van der Waals surface area contributed by atoms with Gasteiger partial charge < -0.3 is 4.90 Å². The minimum atomic E-state index is -3.21. The highest BCUT2D eigenvalue weighted by Gasteiger charge is 2.36. The molecule has 1 fully saturated rings. The van der Waals surface area contributed by atoms with E-state index in [-0.39, 0.29) is 24.0 Å². The van der Waals surface area contributed by atoms with Crippen LogP contribution in [0.25, 0.3) is 21.2 Å². The van der Waals surface area contributed by atoms with Crippen molar-refractivity contribution in [2.24, 2.45) is 0 Å². The minimum Gasteiger partial charge on any atom is -0.330 e. The lowest BCUT2D eigenvalue weighted by molar-refractivity contribution is 0.0686. The van der Waals surface area contributed by atoms with Gasteiger partial charge in [-0.05, 0) is 41.8 Å². The first-order valence-electron chi connectivity index (χ1n) is 11.0. The lowest BCUT2D eigenvalue weighted by Gasteiger charge is -2.28. The Labute approximate surface area is 233 Å². The summed E-state index contributed by atoms with van der Waals surface area (Å²) < 4.78 is 25.3. The Morgan fingerprint density at radius 1 is 0.944 bits per heavy atom. The van der Waals surface area contributed by atoms with Crippen molar-refractivity contribution in [3.63, 3.8) is 0 Å². The van der Waals surface area contributed by atoms with Gasteiger partial charge in [-0.15, -0.1) is 11.3 Å². The van der Waals surface area contributed by atoms with Gasteiger partial charge in [-0.1, -0.05) is 82.8 Å². The van der Waals surface area contributed by atoms with Crippen LogP contribution in [0.5, 0.6) is 0 Å². The van der Waals surface area contributed by atoms with E-state index in [2.05, 4.69) is 0 Å². The second-order valence-electron chi connectivity index (χ2n) is 8.70. The maximum absolute atomic E-state index is 13.8. The van der Waals surface area contributed by atoms with Crippen molar-refractivity contribution in [2.45, 2.75) is 19.0 Å². The molecule has 4 nitrogen and oxygen atoms in total. The first-order chi connectivity index (χ1) is 17.1. The zero-order chi connectivity index (χ0) is 25.6. The zero-order valence-electron chi connectivity index (χ0n) is 18.7. The van der Waals surface area contributed by atoms with E-state index in [1.54, 1.807) is 35.2 Å². The summed E-state index contributed by atoms with van der Waals surface area (Å²) in [6.45, 7) is 0.249. The summed E-state index contributed by atoms with van der Waals surface area (Å²) in [6, 6.07) is 17.9. The summed E-state index contributed by atoms with van der Waals surface area (Å²) in [5.41, 5.74) is 2.62. The van der Waals surface area contributed by atoms with E-state index >= 15 is 0 Å². The highest BCUT2D eigenvalue weighted by atomic mass is 35.5. The number of fused-ring (bicyclic) bond motifs is 1. The fourth-order valence-electron chi connectivity index (χ4n) is 4.40. The number of benzene rings is 3. The second kappa shape index (κ2) is 10.2. The Morgan fingerprint density at radius 2 is 1.64 bits per heavy atom. The van der Waals surface area contributed by atoms with Gasteiger partial charge in [0.15, 0.2) is 9.84 Å². The number of thiophene rings is 1. The molecule has 1 aliphatic heterocycles. The van der Waals surface area contributed by atoms with E-state index < -0.39 is 15.9 Å². The first kappa shape index (κ1) is 25.8. The van der Waals surface area contributed by atoms with Crippen LogP contribution in [0.1, 0.15) is 21.7 Å². The molecule has 0 saturated carbocycles. The molecule has 1 atom stereocenters. The molecule has 1 unspecified atom stereocenters. The molecule has 3 aromatic carbocycles. The summed E-state index contributed by atoms with van der Waals surface area (Å²) in [5.74, 6) is -0.291. The average molecular weight is 599 g/mol. The Morgan fingerprint density at radius 3 is 2.31 bits per heavy atom. The topological polar surface area (TPSA) is 54.5 Å². The van der Waals surface area contributed by atoms with Gasteiger partial charge in [0, 0.05) is 43.3 Å². The fraction of sp³-hybridized carbons (Fsp3) is 0.192. The van der Waals surface area contributed by atoms with Crippen LogP contribution in [0.15, 0.2) is 60.7 Å². The van der Waals surface area contributed by atoms with E-state index in [0.29, 0.717) is 31.4 Å². The summed E-state index contributed by atoms with van der Waals surface area (Å²) in [5, 5.41) is 2.76. The van der Waals surface area contributed by atoms with E-state index in [1.165, 1.54) is 11.3 Å². The Balaban J connectivity index is 1.47. The lowest BCUT2D eigenvalue weighted by atomic mass is 10.0. The SMILES string of the molecule is O=C(c1sc2cc(Cl)ccc2c1Cl)N(Cc1ccc(-c2ccc(Cl)cc2Cl)cc1)C1CCS(=O)(=O)C1. The molecule has 0 bridgehead atoms. The van der Waals surface area contributed by atoms with Crippen molar-refractivity contribution in [1.29, 1.82) is 0 Å². The van der Waals surface area contributed by atoms with Crippen molar-refractivity contribution in [3.8, 4) is 11.1 Å². The van der Waals surface area contributed by atoms with Crippen molar-refractivity contribution < 1.29 is 13.2 Å². The minimum absolute atomic E-state index is 0.0607. The van der Waals surface area contributed by atoms with Gasteiger partial charge in [0.05, 0.1) is 16.5 Å². The van der Waals surface area contributed by atoms with Crippen molar-refractivity contribution >= 4 is 83.6 Å². The van der Waals surface area contributed by atoms with E-state index in [4.69, 9.17) is 46.4 Å². The van der Waals surface area contributed by atoms with Crippen LogP contribution >= 0.6 is 57.7 Å². The molecule has 1 amide bonds. The number of nitrogens with zero attached hydrogens (tertiary/aromatic N) is 1. The molecule has 2 heterocycles. The third-order valence-corrected chi connectivity index (χ3v) is 10.4. The van der Waals surface area contributed by atoms with Crippen LogP contribution in [0.2, 0.25) is 20.1 Å². The van der Waals surface area contributed by atoms with Gasteiger partial charge in [0.2, 0.25) is 0 Å². The van der Waals surface area contributed by atoms with E-state index in [9.17, 15) is 13.2 Å². The third-order valence-electron chi connectivity index (χ3n) is 6.24. The van der Waals surface area contributed by atoms with Crippen LogP contribution in [0.4, 0.5) is 0 Å². The number of carbonyl (C=O) groups excluding carboxylic acids is 1. The van der Waals surface area contributed by atoms with Gasteiger partial charge in [-0.2, -0.15) is 0 Å². The zero-order valence-corrected chi connectivity index (χ0v) is 23.3. The second-order valence-corrected chi connectivity index (χ2v) is 13.6. The molecular weight excluding hydrogens is 580 g/mol. The number of sulfone groups is 1. The highest BCUT2D eigenvalue weighted by molar-refractivity contribution is 7.91. The molecular formula is C26H19Cl4NO3S2. The predicted molar refractivity (Wildman–Crippen MR) is 151 cm³/mol. The summed E-state index contributed by atoms with van der Waals surface area (Å²) in [6.07, 6.45) is 0.390. The maximum atomic E-state index is 13.8. The number of halogens is 4. The van der Waals surface area contributed by atoms with Gasteiger partial charge in [0.1, 0.15) is 4.88 Å². The Kier molecular flexibility index (Phi) is 7.29. The number of amides is 1. The van der Waals surface area contributed by atoms with Crippen LogP contribution in [0, 0.1) is 0 Å². The molecule has 1 aromatic heterocycles.